The maximum absolute atomic E-state index is 12.5. The Kier molecular flexibility index (Phi) is 8.61. The molecular weight excluding hydrogens is 450 g/mol. The van der Waals surface area contributed by atoms with Crippen LogP contribution in [0.25, 0.3) is 11.0 Å². The van der Waals surface area contributed by atoms with Crippen molar-refractivity contribution in [2.24, 2.45) is 0 Å². The molecule has 36 heavy (non-hydrogen) atoms. The van der Waals surface area contributed by atoms with Crippen LogP contribution in [0.1, 0.15) is 46.6 Å². The Morgan fingerprint density at radius 1 is 0.944 bits per heavy atom. The van der Waals surface area contributed by atoms with E-state index in [2.05, 4.69) is 60.1 Å². The van der Waals surface area contributed by atoms with E-state index in [1.165, 1.54) is 11.1 Å². The van der Waals surface area contributed by atoms with Crippen LogP contribution in [0.5, 0.6) is 11.5 Å². The third kappa shape index (κ3) is 6.25. The predicted octanol–water partition coefficient (Wildman–Crippen LogP) is 5.88. The Morgan fingerprint density at radius 3 is 2.53 bits per heavy atom. The van der Waals surface area contributed by atoms with Crippen LogP contribution in [0.3, 0.4) is 0 Å². The maximum atomic E-state index is 12.5. The van der Waals surface area contributed by atoms with Crippen molar-refractivity contribution in [2.45, 2.75) is 46.1 Å². The number of fused-ring (bicyclic) bond motifs is 1. The number of methoxy groups -OCH3 is 1. The normalized spacial score (nSPS) is 11.0. The Bertz CT molecular complexity index is 1290. The molecule has 4 rings (SSSR count). The van der Waals surface area contributed by atoms with Gasteiger partial charge in [0.1, 0.15) is 17.3 Å². The van der Waals surface area contributed by atoms with Crippen molar-refractivity contribution < 1.29 is 14.3 Å². The number of aromatic nitrogens is 2. The number of nitrogens with one attached hydrogen (secondary N) is 1. The molecule has 0 saturated carbocycles. The van der Waals surface area contributed by atoms with E-state index < -0.39 is 0 Å². The summed E-state index contributed by atoms with van der Waals surface area (Å²) in [6.45, 7) is 6.35. The van der Waals surface area contributed by atoms with Crippen LogP contribution in [-0.2, 0) is 13.0 Å². The first kappa shape index (κ1) is 25.3. The van der Waals surface area contributed by atoms with Crippen LogP contribution in [0.2, 0.25) is 0 Å². The monoisotopic (exact) mass is 485 g/mol. The van der Waals surface area contributed by atoms with Crippen LogP contribution in [-0.4, -0.2) is 35.7 Å². The van der Waals surface area contributed by atoms with E-state index in [-0.39, 0.29) is 5.91 Å². The quantitative estimate of drug-likeness (QED) is 0.254. The van der Waals surface area contributed by atoms with E-state index in [1.54, 1.807) is 19.2 Å². The summed E-state index contributed by atoms with van der Waals surface area (Å²) in [7, 11) is 1.60. The SMILES string of the molecule is COc1cccc(C(=O)NCCCc2nc3ccccc3n2CCCCOc2c(C)cccc2C)c1. The molecule has 6 nitrogen and oxygen atoms in total. The fourth-order valence-electron chi connectivity index (χ4n) is 4.45. The van der Waals surface area contributed by atoms with Gasteiger partial charge in [-0.15, -0.1) is 0 Å². The molecule has 0 fully saturated rings. The van der Waals surface area contributed by atoms with Gasteiger partial charge in [-0.25, -0.2) is 4.98 Å². The number of rotatable bonds is 12. The van der Waals surface area contributed by atoms with Gasteiger partial charge in [-0.1, -0.05) is 36.4 Å². The number of hydrogen-bond acceptors (Lipinski definition) is 4. The molecule has 1 N–H and O–H groups in total. The van der Waals surface area contributed by atoms with Gasteiger partial charge in [0.15, 0.2) is 0 Å². The molecule has 3 aromatic carbocycles. The van der Waals surface area contributed by atoms with Gasteiger partial charge in [-0.3, -0.25) is 4.79 Å². The lowest BCUT2D eigenvalue weighted by Crippen LogP contribution is -2.25. The second kappa shape index (κ2) is 12.2. The van der Waals surface area contributed by atoms with Crippen molar-refractivity contribution in [3.8, 4) is 11.5 Å². The van der Waals surface area contributed by atoms with Gasteiger partial charge in [0.2, 0.25) is 0 Å². The molecule has 188 valence electrons. The van der Waals surface area contributed by atoms with Gasteiger partial charge in [0.05, 0.1) is 24.8 Å². The third-order valence-corrected chi connectivity index (χ3v) is 6.36. The summed E-state index contributed by atoms with van der Waals surface area (Å²) < 4.78 is 13.6. The largest absolute Gasteiger partial charge is 0.497 e. The molecular formula is C30H35N3O3. The van der Waals surface area contributed by atoms with Gasteiger partial charge >= 0.3 is 0 Å². The number of amides is 1. The highest BCUT2D eigenvalue weighted by Gasteiger charge is 2.11. The molecule has 0 aliphatic rings. The maximum Gasteiger partial charge on any atom is 0.251 e. The van der Waals surface area contributed by atoms with E-state index in [4.69, 9.17) is 14.5 Å². The number of ether oxygens (including phenoxy) is 2. The Labute approximate surface area is 213 Å². The smallest absolute Gasteiger partial charge is 0.251 e. The highest BCUT2D eigenvalue weighted by atomic mass is 16.5. The molecule has 0 unspecified atom stereocenters. The molecule has 1 aromatic heterocycles. The average Bonchev–Trinajstić information content (AvgIpc) is 3.25. The average molecular weight is 486 g/mol. The minimum Gasteiger partial charge on any atom is -0.497 e. The Hall–Kier alpha value is -3.80. The van der Waals surface area contributed by atoms with Crippen LogP contribution in [0.15, 0.2) is 66.7 Å². The summed E-state index contributed by atoms with van der Waals surface area (Å²) >= 11 is 0. The summed E-state index contributed by atoms with van der Waals surface area (Å²) in [6.07, 6.45) is 3.59. The number of carbonyl (C=O) groups is 1. The van der Waals surface area contributed by atoms with E-state index >= 15 is 0 Å². The van der Waals surface area contributed by atoms with Gasteiger partial charge in [0.25, 0.3) is 5.91 Å². The van der Waals surface area contributed by atoms with Crippen molar-refractivity contribution in [1.29, 1.82) is 0 Å². The number of carbonyl (C=O) groups excluding carboxylic acids is 1. The number of imidazole rings is 1. The fraction of sp³-hybridized carbons (Fsp3) is 0.333. The molecule has 6 heteroatoms. The summed E-state index contributed by atoms with van der Waals surface area (Å²) in [4.78, 5) is 17.4. The summed E-state index contributed by atoms with van der Waals surface area (Å²) in [5.41, 5.74) is 5.13. The zero-order valence-electron chi connectivity index (χ0n) is 21.4. The molecule has 1 amide bonds. The lowest BCUT2D eigenvalue weighted by molar-refractivity contribution is 0.0952. The Morgan fingerprint density at radius 2 is 1.72 bits per heavy atom. The second-order valence-corrected chi connectivity index (χ2v) is 9.04. The van der Waals surface area contributed by atoms with Crippen LogP contribution < -0.4 is 14.8 Å². The minimum atomic E-state index is -0.0914. The van der Waals surface area contributed by atoms with Gasteiger partial charge in [-0.2, -0.15) is 0 Å². The number of hydrogen-bond donors (Lipinski definition) is 1. The van der Waals surface area contributed by atoms with E-state index in [0.717, 1.165) is 54.8 Å². The first-order chi connectivity index (χ1) is 17.6. The molecule has 0 saturated heterocycles. The molecule has 0 aliphatic carbocycles. The van der Waals surface area contributed by atoms with Crippen LogP contribution in [0, 0.1) is 13.8 Å². The molecule has 4 aromatic rings. The second-order valence-electron chi connectivity index (χ2n) is 9.04. The summed E-state index contributed by atoms with van der Waals surface area (Å²) in [5, 5.41) is 3.01. The highest BCUT2D eigenvalue weighted by molar-refractivity contribution is 5.94. The molecule has 0 bridgehead atoms. The number of aryl methyl sites for hydroxylation is 4. The van der Waals surface area contributed by atoms with Gasteiger partial charge in [-0.05, 0) is 74.6 Å². The molecule has 0 radical (unpaired) electrons. The van der Waals surface area contributed by atoms with Gasteiger partial charge < -0.3 is 19.4 Å². The van der Waals surface area contributed by atoms with E-state index in [9.17, 15) is 4.79 Å². The number of para-hydroxylation sites is 3. The molecule has 0 aliphatic heterocycles. The summed E-state index contributed by atoms with van der Waals surface area (Å²) in [6, 6.07) is 21.7. The third-order valence-electron chi connectivity index (χ3n) is 6.36. The zero-order valence-corrected chi connectivity index (χ0v) is 21.4. The minimum absolute atomic E-state index is 0.0914. The molecule has 1 heterocycles. The van der Waals surface area contributed by atoms with Crippen LogP contribution >= 0.6 is 0 Å². The van der Waals surface area contributed by atoms with Crippen LogP contribution in [0.4, 0.5) is 0 Å². The van der Waals surface area contributed by atoms with Crippen molar-refractivity contribution >= 4 is 16.9 Å². The zero-order chi connectivity index (χ0) is 25.3. The van der Waals surface area contributed by atoms with Crippen molar-refractivity contribution in [3.05, 3.63) is 89.2 Å². The van der Waals surface area contributed by atoms with E-state index in [1.807, 2.05) is 18.2 Å². The predicted molar refractivity (Wildman–Crippen MR) is 144 cm³/mol. The molecule has 0 spiro atoms. The fourth-order valence-corrected chi connectivity index (χ4v) is 4.45. The van der Waals surface area contributed by atoms with E-state index in [0.29, 0.717) is 24.5 Å². The first-order valence-corrected chi connectivity index (χ1v) is 12.6. The summed E-state index contributed by atoms with van der Waals surface area (Å²) in [5.74, 6) is 2.65. The van der Waals surface area contributed by atoms with Crippen molar-refractivity contribution in [1.82, 2.24) is 14.9 Å². The lowest BCUT2D eigenvalue weighted by atomic mass is 10.1. The van der Waals surface area contributed by atoms with Gasteiger partial charge in [0, 0.05) is 25.1 Å². The Balaban J connectivity index is 1.30. The topological polar surface area (TPSA) is 65.4 Å². The number of benzene rings is 3. The molecule has 0 atom stereocenters. The number of nitrogens with zero attached hydrogens (tertiary/aromatic N) is 2. The lowest BCUT2D eigenvalue weighted by Gasteiger charge is -2.13. The van der Waals surface area contributed by atoms with Crippen molar-refractivity contribution in [2.75, 3.05) is 20.3 Å². The first-order valence-electron chi connectivity index (χ1n) is 12.6. The highest BCUT2D eigenvalue weighted by Crippen LogP contribution is 2.23. The number of unbranched alkanes of at least 4 members (excludes halogenated alkanes) is 1. The standard InChI is InChI=1S/C30H35N3O3/c1-22-11-8-12-23(2)29(22)36-20-7-6-19-33-27-16-5-4-15-26(27)32-28(33)17-10-18-31-30(34)24-13-9-14-25(21-24)35-3/h4-5,8-9,11-16,21H,6-7,10,17-20H2,1-3H3,(H,31,34). The van der Waals surface area contributed by atoms with Crippen molar-refractivity contribution in [3.63, 3.8) is 0 Å².